The Morgan fingerprint density at radius 1 is 1.14 bits per heavy atom. The van der Waals surface area contributed by atoms with E-state index in [-0.39, 0.29) is 6.01 Å². The first-order valence-corrected chi connectivity index (χ1v) is 6.19. The molecule has 22 heavy (non-hydrogen) atoms. The lowest BCUT2D eigenvalue weighted by Crippen LogP contribution is -2.34. The molecule has 116 valence electrons. The van der Waals surface area contributed by atoms with E-state index in [2.05, 4.69) is 9.97 Å². The fourth-order valence-corrected chi connectivity index (χ4v) is 1.67. The summed E-state index contributed by atoms with van der Waals surface area (Å²) in [5, 5.41) is 9.07. The molecule has 2 aromatic rings. The Morgan fingerprint density at radius 2 is 1.68 bits per heavy atom. The summed E-state index contributed by atoms with van der Waals surface area (Å²) in [6, 6.07) is 4.39. The number of ether oxygens (including phenoxy) is 2. The summed E-state index contributed by atoms with van der Waals surface area (Å²) in [5.74, 6) is -4.52. The number of hydrogen-bond acceptors (Lipinski definition) is 5. The Bertz CT molecular complexity index is 669. The highest BCUT2D eigenvalue weighted by atomic mass is 19.1. The summed E-state index contributed by atoms with van der Waals surface area (Å²) >= 11 is 0. The molecule has 0 radical (unpaired) electrons. The maximum absolute atomic E-state index is 13.5. The zero-order valence-electron chi connectivity index (χ0n) is 11.7. The SMILES string of the molecule is Cc1cc(C)nc(OC(Oc2c(F)cccc2F)C(=O)O)n1. The lowest BCUT2D eigenvalue weighted by Gasteiger charge is -2.16. The molecule has 0 aliphatic rings. The third-order valence-electron chi connectivity index (χ3n) is 2.52. The molecule has 1 unspecified atom stereocenters. The number of nitrogens with zero attached hydrogens (tertiary/aromatic N) is 2. The summed E-state index contributed by atoms with van der Waals surface area (Å²) < 4.78 is 36.7. The monoisotopic (exact) mass is 310 g/mol. The van der Waals surface area contributed by atoms with Crippen molar-refractivity contribution in [2.24, 2.45) is 0 Å². The van der Waals surface area contributed by atoms with E-state index in [9.17, 15) is 13.6 Å². The molecule has 8 heteroatoms. The maximum atomic E-state index is 13.5. The average molecular weight is 310 g/mol. The van der Waals surface area contributed by atoms with E-state index in [0.29, 0.717) is 11.4 Å². The van der Waals surface area contributed by atoms with Crippen LogP contribution in [0.25, 0.3) is 0 Å². The van der Waals surface area contributed by atoms with E-state index in [1.807, 2.05) is 0 Å². The van der Waals surface area contributed by atoms with Gasteiger partial charge in [-0.3, -0.25) is 0 Å². The van der Waals surface area contributed by atoms with Crippen LogP contribution in [0.4, 0.5) is 8.78 Å². The predicted molar refractivity (Wildman–Crippen MR) is 70.5 cm³/mol. The number of aryl methyl sites for hydroxylation is 2. The molecule has 0 fully saturated rings. The van der Waals surface area contributed by atoms with Gasteiger partial charge in [0.05, 0.1) is 0 Å². The summed E-state index contributed by atoms with van der Waals surface area (Å²) in [4.78, 5) is 18.9. The molecule has 0 saturated carbocycles. The number of halogens is 2. The van der Waals surface area contributed by atoms with Gasteiger partial charge in [-0.2, -0.15) is 0 Å². The van der Waals surface area contributed by atoms with Gasteiger partial charge in [0.25, 0.3) is 0 Å². The van der Waals surface area contributed by atoms with Gasteiger partial charge in [-0.25, -0.2) is 23.5 Å². The number of aliphatic carboxylic acids is 1. The van der Waals surface area contributed by atoms with Crippen LogP contribution in [-0.4, -0.2) is 27.3 Å². The van der Waals surface area contributed by atoms with Crippen LogP contribution in [0.5, 0.6) is 11.8 Å². The standard InChI is InChI=1S/C14H12F2N2O4/c1-7-6-8(2)18-14(17-7)22-13(12(19)20)21-11-9(15)4-3-5-10(11)16/h3-6,13H,1-2H3,(H,19,20). The number of rotatable bonds is 5. The van der Waals surface area contributed by atoms with Gasteiger partial charge in [0.1, 0.15) is 0 Å². The Hall–Kier alpha value is -2.77. The fourth-order valence-electron chi connectivity index (χ4n) is 1.67. The number of hydrogen-bond donors (Lipinski definition) is 1. The van der Waals surface area contributed by atoms with Crippen molar-refractivity contribution in [2.45, 2.75) is 20.1 Å². The van der Waals surface area contributed by atoms with E-state index >= 15 is 0 Å². The normalized spacial score (nSPS) is 11.8. The topological polar surface area (TPSA) is 81.5 Å². The van der Waals surface area contributed by atoms with Crippen molar-refractivity contribution in [2.75, 3.05) is 0 Å². The van der Waals surface area contributed by atoms with Crippen molar-refractivity contribution >= 4 is 5.97 Å². The zero-order chi connectivity index (χ0) is 16.3. The highest BCUT2D eigenvalue weighted by molar-refractivity contribution is 5.71. The van der Waals surface area contributed by atoms with Crippen molar-refractivity contribution < 1.29 is 28.2 Å². The van der Waals surface area contributed by atoms with Crippen LogP contribution in [-0.2, 0) is 4.79 Å². The number of benzene rings is 1. The highest BCUT2D eigenvalue weighted by Crippen LogP contribution is 2.23. The quantitative estimate of drug-likeness (QED) is 0.853. The van der Waals surface area contributed by atoms with Gasteiger partial charge in [-0.1, -0.05) is 6.07 Å². The molecule has 6 nitrogen and oxygen atoms in total. The van der Waals surface area contributed by atoms with E-state index in [1.165, 1.54) is 0 Å². The molecule has 1 atom stereocenters. The lowest BCUT2D eigenvalue weighted by molar-refractivity contribution is -0.159. The van der Waals surface area contributed by atoms with Crippen LogP contribution in [0.3, 0.4) is 0 Å². The molecule has 0 saturated heterocycles. The molecule has 0 bridgehead atoms. The summed E-state index contributed by atoms with van der Waals surface area (Å²) in [7, 11) is 0. The maximum Gasteiger partial charge on any atom is 0.387 e. The van der Waals surface area contributed by atoms with Gasteiger partial charge in [-0.15, -0.1) is 0 Å². The van der Waals surface area contributed by atoms with Crippen LogP contribution in [0.1, 0.15) is 11.4 Å². The predicted octanol–water partition coefficient (Wildman–Crippen LogP) is 2.24. The molecule has 1 heterocycles. The summed E-state index contributed by atoms with van der Waals surface area (Å²) in [6.07, 6.45) is -1.99. The molecule has 1 aromatic heterocycles. The number of carboxylic acids is 1. The van der Waals surface area contributed by atoms with Crippen molar-refractivity contribution in [3.05, 3.63) is 47.3 Å². The second-order valence-electron chi connectivity index (χ2n) is 4.39. The Kier molecular flexibility index (Phi) is 4.50. The average Bonchev–Trinajstić information content (AvgIpc) is 2.40. The Balaban J connectivity index is 2.26. The third-order valence-corrected chi connectivity index (χ3v) is 2.52. The third kappa shape index (κ3) is 3.66. The van der Waals surface area contributed by atoms with Gasteiger partial charge >= 0.3 is 18.3 Å². The molecule has 0 spiro atoms. The van der Waals surface area contributed by atoms with E-state index in [0.717, 1.165) is 18.2 Å². The van der Waals surface area contributed by atoms with E-state index in [4.69, 9.17) is 14.6 Å². The minimum Gasteiger partial charge on any atom is -0.476 e. The number of carboxylic acid groups (broad SMARTS) is 1. The molecule has 0 amide bonds. The van der Waals surface area contributed by atoms with E-state index in [1.54, 1.807) is 19.9 Å². The molecule has 2 rings (SSSR count). The minimum atomic E-state index is -1.99. The fraction of sp³-hybridized carbons (Fsp3) is 0.214. The number of para-hydroxylation sites is 1. The lowest BCUT2D eigenvalue weighted by atomic mass is 10.3. The minimum absolute atomic E-state index is 0.262. The Morgan fingerprint density at radius 3 is 2.18 bits per heavy atom. The zero-order valence-corrected chi connectivity index (χ0v) is 11.7. The van der Waals surface area contributed by atoms with Crippen molar-refractivity contribution in [3.8, 4) is 11.8 Å². The number of carbonyl (C=O) groups is 1. The second-order valence-corrected chi connectivity index (χ2v) is 4.39. The van der Waals surface area contributed by atoms with Gasteiger partial charge in [0, 0.05) is 11.4 Å². The first kappa shape index (κ1) is 15.6. The van der Waals surface area contributed by atoms with Gasteiger partial charge < -0.3 is 14.6 Å². The smallest absolute Gasteiger partial charge is 0.387 e. The van der Waals surface area contributed by atoms with Crippen molar-refractivity contribution in [3.63, 3.8) is 0 Å². The van der Waals surface area contributed by atoms with E-state index < -0.39 is 29.6 Å². The molecular formula is C14H12F2N2O4. The van der Waals surface area contributed by atoms with Crippen LogP contribution < -0.4 is 9.47 Å². The molecule has 0 aliphatic heterocycles. The first-order valence-electron chi connectivity index (χ1n) is 6.19. The Labute approximate surface area is 124 Å². The van der Waals surface area contributed by atoms with Crippen LogP contribution in [0.15, 0.2) is 24.3 Å². The molecular weight excluding hydrogens is 298 g/mol. The summed E-state index contributed by atoms with van der Waals surface area (Å²) in [5.41, 5.74) is 1.09. The molecule has 1 N–H and O–H groups in total. The first-order chi connectivity index (χ1) is 10.4. The largest absolute Gasteiger partial charge is 0.476 e. The summed E-state index contributed by atoms with van der Waals surface area (Å²) in [6.45, 7) is 3.32. The van der Waals surface area contributed by atoms with Crippen molar-refractivity contribution in [1.29, 1.82) is 0 Å². The van der Waals surface area contributed by atoms with Gasteiger partial charge in [0.15, 0.2) is 17.4 Å². The molecule has 0 aliphatic carbocycles. The van der Waals surface area contributed by atoms with Gasteiger partial charge in [-0.05, 0) is 32.0 Å². The molecule has 1 aromatic carbocycles. The van der Waals surface area contributed by atoms with Crippen molar-refractivity contribution in [1.82, 2.24) is 9.97 Å². The van der Waals surface area contributed by atoms with Crippen LogP contribution >= 0.6 is 0 Å². The highest BCUT2D eigenvalue weighted by Gasteiger charge is 2.26. The van der Waals surface area contributed by atoms with Crippen LogP contribution in [0, 0.1) is 25.5 Å². The van der Waals surface area contributed by atoms with Gasteiger partial charge in [0.2, 0.25) is 0 Å². The second kappa shape index (κ2) is 6.33. The van der Waals surface area contributed by atoms with Crippen LogP contribution in [0.2, 0.25) is 0 Å². The number of aromatic nitrogens is 2.